The van der Waals surface area contributed by atoms with Gasteiger partial charge in [0.2, 0.25) is 0 Å². The predicted molar refractivity (Wildman–Crippen MR) is 79.7 cm³/mol. The molecule has 0 nitrogen and oxygen atoms in total. The fourth-order valence-corrected chi connectivity index (χ4v) is 4.31. The van der Waals surface area contributed by atoms with Crippen LogP contribution in [-0.2, 0) is 0 Å². The van der Waals surface area contributed by atoms with Gasteiger partial charge in [-0.25, -0.2) is 0 Å². The third-order valence-electron chi connectivity index (χ3n) is 2.53. The maximum Gasteiger partial charge on any atom is 0.0823 e. The third kappa shape index (κ3) is 4.44. The van der Waals surface area contributed by atoms with Crippen molar-refractivity contribution >= 4 is 39.6 Å². The van der Waals surface area contributed by atoms with E-state index in [1.54, 1.807) is 5.19 Å². The highest BCUT2D eigenvalue weighted by molar-refractivity contribution is 6.89. The van der Waals surface area contributed by atoms with E-state index in [4.69, 9.17) is 11.6 Å². The lowest BCUT2D eigenvalue weighted by Gasteiger charge is -2.18. The topological polar surface area (TPSA) is 0 Å². The predicted octanol–water partition coefficient (Wildman–Crippen LogP) is 2.92. The number of alkyl halides is 1. The standard InChI is InChI=1S/C13H21ClSi2/c1-10-6-12(15-9-11(2)14)8-13(7-10)16(3,4)5/h6-8,11H,9H2,1-5H3. The molecule has 1 atom stereocenters. The van der Waals surface area contributed by atoms with Gasteiger partial charge >= 0.3 is 0 Å². The normalized spacial score (nSPS) is 13.9. The van der Waals surface area contributed by atoms with E-state index in [2.05, 4.69) is 51.7 Å². The van der Waals surface area contributed by atoms with Gasteiger partial charge in [-0.05, 0) is 19.9 Å². The van der Waals surface area contributed by atoms with Crippen molar-refractivity contribution in [1.29, 1.82) is 0 Å². The Labute approximate surface area is 108 Å². The Kier molecular flexibility index (Phi) is 4.83. The van der Waals surface area contributed by atoms with Crippen molar-refractivity contribution in [2.45, 2.75) is 44.9 Å². The Morgan fingerprint density at radius 1 is 1.25 bits per heavy atom. The number of halogens is 1. The minimum absolute atomic E-state index is 0.286. The molecule has 0 spiro atoms. The number of benzene rings is 1. The Morgan fingerprint density at radius 3 is 2.38 bits per heavy atom. The van der Waals surface area contributed by atoms with Crippen LogP contribution in [0.2, 0.25) is 25.7 Å². The summed E-state index contributed by atoms with van der Waals surface area (Å²) in [5.41, 5.74) is 1.39. The summed E-state index contributed by atoms with van der Waals surface area (Å²) in [7, 11) is -0.334. The Morgan fingerprint density at radius 2 is 1.88 bits per heavy atom. The van der Waals surface area contributed by atoms with Gasteiger partial charge in [-0.2, -0.15) is 0 Å². The van der Waals surface area contributed by atoms with Crippen molar-refractivity contribution in [3.63, 3.8) is 0 Å². The molecule has 3 heteroatoms. The summed E-state index contributed by atoms with van der Waals surface area (Å²) in [5, 5.41) is 3.33. The lowest BCUT2D eigenvalue weighted by Crippen LogP contribution is -2.40. The van der Waals surface area contributed by atoms with E-state index in [0.717, 1.165) is 15.6 Å². The summed E-state index contributed by atoms with van der Waals surface area (Å²) in [6.45, 7) is 11.5. The second-order valence-corrected chi connectivity index (χ2v) is 12.7. The molecule has 0 saturated carbocycles. The second kappa shape index (κ2) is 5.52. The average Bonchev–Trinajstić information content (AvgIpc) is 2.12. The first kappa shape index (κ1) is 14.0. The summed E-state index contributed by atoms with van der Waals surface area (Å²) in [6.07, 6.45) is 0. The van der Waals surface area contributed by atoms with Gasteiger partial charge in [0.25, 0.3) is 0 Å². The Bertz CT molecular complexity index is 353. The maximum absolute atomic E-state index is 6.01. The largest absolute Gasteiger partial charge is 0.124 e. The summed E-state index contributed by atoms with van der Waals surface area (Å²) >= 11 is 6.01. The molecule has 0 aliphatic heterocycles. The highest BCUT2D eigenvalue weighted by atomic mass is 35.5. The zero-order valence-corrected chi connectivity index (χ0v) is 13.7. The monoisotopic (exact) mass is 268 g/mol. The van der Waals surface area contributed by atoms with Crippen molar-refractivity contribution in [2.24, 2.45) is 0 Å². The molecule has 1 aromatic rings. The summed E-state index contributed by atoms with van der Waals surface area (Å²) in [6, 6.07) is 8.15. The number of rotatable bonds is 4. The van der Waals surface area contributed by atoms with Crippen LogP contribution in [0.15, 0.2) is 18.2 Å². The first-order valence-electron chi connectivity index (χ1n) is 5.79. The number of hydrogen-bond acceptors (Lipinski definition) is 0. The van der Waals surface area contributed by atoms with Crippen LogP contribution in [0.5, 0.6) is 0 Å². The molecule has 1 rings (SSSR count). The van der Waals surface area contributed by atoms with Crippen molar-refractivity contribution < 1.29 is 0 Å². The Hall–Kier alpha value is -0.0562. The molecule has 0 heterocycles. The van der Waals surface area contributed by atoms with E-state index >= 15 is 0 Å². The second-order valence-electron chi connectivity index (χ2n) is 5.50. The quantitative estimate of drug-likeness (QED) is 0.582. The minimum Gasteiger partial charge on any atom is -0.124 e. The van der Waals surface area contributed by atoms with E-state index in [-0.39, 0.29) is 5.38 Å². The third-order valence-corrected chi connectivity index (χ3v) is 6.48. The zero-order valence-electron chi connectivity index (χ0n) is 10.9. The fraction of sp³-hybridized carbons (Fsp3) is 0.538. The first-order chi connectivity index (χ1) is 7.29. The van der Waals surface area contributed by atoms with Crippen molar-refractivity contribution in [3.8, 4) is 0 Å². The van der Waals surface area contributed by atoms with Crippen LogP contribution in [0.3, 0.4) is 0 Å². The van der Waals surface area contributed by atoms with Crippen LogP contribution in [-0.4, -0.2) is 23.0 Å². The van der Waals surface area contributed by atoms with E-state index in [0.29, 0.717) is 0 Å². The van der Waals surface area contributed by atoms with Crippen LogP contribution >= 0.6 is 11.6 Å². The zero-order chi connectivity index (χ0) is 12.3. The maximum atomic E-state index is 6.01. The highest BCUT2D eigenvalue weighted by Gasteiger charge is 2.17. The minimum atomic E-state index is -1.18. The van der Waals surface area contributed by atoms with Crippen LogP contribution in [0.4, 0.5) is 0 Å². The first-order valence-corrected chi connectivity index (χ1v) is 10.9. The van der Waals surface area contributed by atoms with Gasteiger partial charge in [0.1, 0.15) is 0 Å². The SMILES string of the molecule is Cc1cc([Si]CC(C)Cl)cc([Si](C)(C)C)c1. The molecule has 0 aliphatic carbocycles. The fourth-order valence-electron chi connectivity index (χ4n) is 1.58. The molecule has 16 heavy (non-hydrogen) atoms. The average molecular weight is 269 g/mol. The van der Waals surface area contributed by atoms with Crippen molar-refractivity contribution in [2.75, 3.05) is 0 Å². The van der Waals surface area contributed by atoms with Crippen LogP contribution in [0.25, 0.3) is 0 Å². The van der Waals surface area contributed by atoms with Gasteiger partial charge in [-0.15, -0.1) is 11.6 Å². The summed E-state index contributed by atoms with van der Waals surface area (Å²) in [4.78, 5) is 0. The van der Waals surface area contributed by atoms with E-state index in [9.17, 15) is 0 Å². The van der Waals surface area contributed by atoms with Crippen LogP contribution in [0, 0.1) is 6.92 Å². The molecular weight excluding hydrogens is 248 g/mol. The lowest BCUT2D eigenvalue weighted by atomic mass is 10.2. The highest BCUT2D eigenvalue weighted by Crippen LogP contribution is 2.04. The van der Waals surface area contributed by atoms with Gasteiger partial charge in [0, 0.05) is 5.38 Å². The molecule has 0 bridgehead atoms. The molecule has 88 valence electrons. The summed E-state index contributed by atoms with van der Waals surface area (Å²) < 4.78 is 0. The molecule has 0 N–H and O–H groups in total. The van der Waals surface area contributed by atoms with E-state index in [1.165, 1.54) is 10.8 Å². The Balaban J connectivity index is 2.90. The van der Waals surface area contributed by atoms with Crippen LogP contribution in [0.1, 0.15) is 12.5 Å². The molecule has 0 fully saturated rings. The molecule has 1 unspecified atom stereocenters. The van der Waals surface area contributed by atoms with Gasteiger partial charge in [-0.3, -0.25) is 0 Å². The number of hydrogen-bond donors (Lipinski definition) is 0. The van der Waals surface area contributed by atoms with Gasteiger partial charge in [0.05, 0.1) is 17.6 Å². The molecule has 1 aromatic carbocycles. The molecule has 0 aliphatic rings. The van der Waals surface area contributed by atoms with Gasteiger partial charge < -0.3 is 0 Å². The van der Waals surface area contributed by atoms with Crippen molar-refractivity contribution in [3.05, 3.63) is 23.8 Å². The molecule has 0 saturated heterocycles. The lowest BCUT2D eigenvalue weighted by molar-refractivity contribution is 1.09. The van der Waals surface area contributed by atoms with Crippen LogP contribution < -0.4 is 10.4 Å². The van der Waals surface area contributed by atoms with Gasteiger partial charge in [0.15, 0.2) is 0 Å². The molecule has 2 radical (unpaired) electrons. The van der Waals surface area contributed by atoms with E-state index < -0.39 is 8.07 Å². The summed E-state index contributed by atoms with van der Waals surface area (Å²) in [5.74, 6) is 0. The number of aryl methyl sites for hydroxylation is 1. The van der Waals surface area contributed by atoms with Crippen molar-refractivity contribution in [1.82, 2.24) is 0 Å². The van der Waals surface area contributed by atoms with E-state index in [1.807, 2.05) is 0 Å². The smallest absolute Gasteiger partial charge is 0.0823 e. The molecular formula is C13H21ClSi2. The molecule has 0 aromatic heterocycles. The molecule has 0 amide bonds. The van der Waals surface area contributed by atoms with Gasteiger partial charge in [-0.1, -0.05) is 53.8 Å².